The van der Waals surface area contributed by atoms with Crippen LogP contribution >= 0.6 is 0 Å². The summed E-state index contributed by atoms with van der Waals surface area (Å²) in [6.07, 6.45) is 2.78. The molecule has 32 heavy (non-hydrogen) atoms. The summed E-state index contributed by atoms with van der Waals surface area (Å²) >= 11 is 0. The number of amides is 2. The summed E-state index contributed by atoms with van der Waals surface area (Å²) in [5, 5.41) is 14.0. The number of hydrogen-bond acceptors (Lipinski definition) is 5. The Labute approximate surface area is 187 Å². The number of benzene rings is 2. The van der Waals surface area contributed by atoms with Crippen molar-refractivity contribution in [2.24, 2.45) is 0 Å². The van der Waals surface area contributed by atoms with E-state index >= 15 is 0 Å². The zero-order valence-electron chi connectivity index (χ0n) is 18.3. The van der Waals surface area contributed by atoms with Crippen molar-refractivity contribution in [3.8, 4) is 11.4 Å². The first-order chi connectivity index (χ1) is 15.5. The summed E-state index contributed by atoms with van der Waals surface area (Å²) in [7, 11) is 0. The molecule has 1 aromatic heterocycles. The van der Waals surface area contributed by atoms with Gasteiger partial charge in [0.1, 0.15) is 5.75 Å². The van der Waals surface area contributed by atoms with Crippen molar-refractivity contribution in [1.82, 2.24) is 25.6 Å². The highest BCUT2D eigenvalue weighted by atomic mass is 16.5. The van der Waals surface area contributed by atoms with E-state index in [1.54, 1.807) is 4.68 Å². The van der Waals surface area contributed by atoms with E-state index in [2.05, 4.69) is 20.9 Å². The van der Waals surface area contributed by atoms with Gasteiger partial charge in [0.25, 0.3) is 11.8 Å². The van der Waals surface area contributed by atoms with Crippen LogP contribution in [0.3, 0.4) is 0 Å². The first-order valence-electron chi connectivity index (χ1n) is 10.8. The number of nitrogens with zero attached hydrogens (tertiary/aromatic N) is 3. The van der Waals surface area contributed by atoms with Crippen molar-refractivity contribution >= 4 is 11.8 Å². The number of carbonyl (C=O) groups excluding carboxylic acids is 2. The van der Waals surface area contributed by atoms with Crippen LogP contribution in [0.5, 0.6) is 5.75 Å². The standard InChI is InChI=1S/C24H27N5O3/c1-16-4-3-5-20(14-16)29-17(2)23(27-28-29)24(31)25-13-12-18-6-10-21(11-7-18)32-15-22(30)26-19-8-9-19/h3-7,10-11,14,19H,8-9,12-13,15H2,1-2H3,(H,25,31)(H,26,30). The number of ether oxygens (including phenoxy) is 1. The average molecular weight is 434 g/mol. The molecule has 4 rings (SSSR count). The van der Waals surface area contributed by atoms with E-state index in [1.165, 1.54) is 0 Å². The van der Waals surface area contributed by atoms with Gasteiger partial charge in [0.15, 0.2) is 12.3 Å². The van der Waals surface area contributed by atoms with E-state index in [4.69, 9.17) is 4.74 Å². The van der Waals surface area contributed by atoms with Gasteiger partial charge in [-0.2, -0.15) is 0 Å². The molecular formula is C24H27N5O3. The van der Waals surface area contributed by atoms with E-state index in [1.807, 2.05) is 62.4 Å². The first-order valence-corrected chi connectivity index (χ1v) is 10.8. The van der Waals surface area contributed by atoms with Crippen LogP contribution in [0, 0.1) is 13.8 Å². The highest BCUT2D eigenvalue weighted by Crippen LogP contribution is 2.18. The normalized spacial score (nSPS) is 12.9. The summed E-state index contributed by atoms with van der Waals surface area (Å²) < 4.78 is 7.18. The molecule has 0 saturated heterocycles. The second-order valence-corrected chi connectivity index (χ2v) is 8.05. The van der Waals surface area contributed by atoms with Gasteiger partial charge in [0, 0.05) is 12.6 Å². The van der Waals surface area contributed by atoms with Crippen LogP contribution in [-0.4, -0.2) is 46.0 Å². The molecule has 1 heterocycles. The van der Waals surface area contributed by atoms with Crippen LogP contribution in [0.15, 0.2) is 48.5 Å². The van der Waals surface area contributed by atoms with Gasteiger partial charge >= 0.3 is 0 Å². The molecule has 3 aromatic rings. The molecule has 0 bridgehead atoms. The Bertz CT molecular complexity index is 1100. The topological polar surface area (TPSA) is 98.1 Å². The van der Waals surface area contributed by atoms with Crippen LogP contribution in [0.1, 0.15) is 40.2 Å². The molecular weight excluding hydrogens is 406 g/mol. The average Bonchev–Trinajstić information content (AvgIpc) is 3.51. The Morgan fingerprint density at radius 1 is 1.12 bits per heavy atom. The molecule has 2 N–H and O–H groups in total. The third-order valence-corrected chi connectivity index (χ3v) is 5.29. The number of hydrogen-bond donors (Lipinski definition) is 2. The minimum atomic E-state index is -0.247. The predicted molar refractivity (Wildman–Crippen MR) is 120 cm³/mol. The van der Waals surface area contributed by atoms with Crippen molar-refractivity contribution in [3.05, 3.63) is 71.0 Å². The van der Waals surface area contributed by atoms with Crippen LogP contribution in [0.25, 0.3) is 5.69 Å². The number of rotatable bonds is 9. The Kier molecular flexibility index (Phi) is 6.49. The number of nitrogens with one attached hydrogen (secondary N) is 2. The van der Waals surface area contributed by atoms with E-state index < -0.39 is 0 Å². The lowest BCUT2D eigenvalue weighted by Gasteiger charge is -2.08. The zero-order valence-corrected chi connectivity index (χ0v) is 18.3. The van der Waals surface area contributed by atoms with Gasteiger partial charge in [0.05, 0.1) is 11.4 Å². The van der Waals surface area contributed by atoms with Gasteiger partial charge in [-0.1, -0.05) is 29.5 Å². The molecule has 0 aliphatic heterocycles. The lowest BCUT2D eigenvalue weighted by molar-refractivity contribution is -0.123. The quantitative estimate of drug-likeness (QED) is 0.540. The van der Waals surface area contributed by atoms with Crippen LogP contribution in [0.4, 0.5) is 0 Å². The largest absolute Gasteiger partial charge is 0.484 e. The molecule has 1 aliphatic rings. The monoisotopic (exact) mass is 433 g/mol. The van der Waals surface area contributed by atoms with E-state index in [9.17, 15) is 9.59 Å². The molecule has 2 aromatic carbocycles. The van der Waals surface area contributed by atoms with Crippen LogP contribution in [0.2, 0.25) is 0 Å². The van der Waals surface area contributed by atoms with E-state index in [0.717, 1.165) is 29.7 Å². The highest BCUT2D eigenvalue weighted by Gasteiger charge is 2.23. The fourth-order valence-electron chi connectivity index (χ4n) is 3.35. The number of aromatic nitrogens is 3. The minimum absolute atomic E-state index is 0.0223. The number of carbonyl (C=O) groups is 2. The first kappa shape index (κ1) is 21.5. The minimum Gasteiger partial charge on any atom is -0.484 e. The third-order valence-electron chi connectivity index (χ3n) is 5.29. The maximum absolute atomic E-state index is 12.6. The Balaban J connectivity index is 1.25. The lowest BCUT2D eigenvalue weighted by Crippen LogP contribution is -2.30. The van der Waals surface area contributed by atoms with Gasteiger partial charge in [-0.05, 0) is 68.5 Å². The lowest BCUT2D eigenvalue weighted by atomic mass is 10.1. The summed E-state index contributed by atoms with van der Waals surface area (Å²) in [4.78, 5) is 24.3. The van der Waals surface area contributed by atoms with Gasteiger partial charge in [-0.15, -0.1) is 5.10 Å². The fourth-order valence-corrected chi connectivity index (χ4v) is 3.35. The van der Waals surface area contributed by atoms with Gasteiger partial charge < -0.3 is 15.4 Å². The van der Waals surface area contributed by atoms with Gasteiger partial charge in [-0.3, -0.25) is 9.59 Å². The van der Waals surface area contributed by atoms with E-state index in [-0.39, 0.29) is 18.4 Å². The molecule has 0 spiro atoms. The summed E-state index contributed by atoms with van der Waals surface area (Å²) in [5.41, 5.74) is 4.06. The van der Waals surface area contributed by atoms with Crippen molar-refractivity contribution in [2.45, 2.75) is 39.2 Å². The maximum atomic E-state index is 12.6. The predicted octanol–water partition coefficient (Wildman–Crippen LogP) is 2.51. The molecule has 8 nitrogen and oxygen atoms in total. The molecule has 1 aliphatic carbocycles. The maximum Gasteiger partial charge on any atom is 0.273 e. The van der Waals surface area contributed by atoms with Gasteiger partial charge in [-0.25, -0.2) is 4.68 Å². The van der Waals surface area contributed by atoms with Crippen LogP contribution < -0.4 is 15.4 Å². The van der Waals surface area contributed by atoms with Crippen LogP contribution in [-0.2, 0) is 11.2 Å². The van der Waals surface area contributed by atoms with Crippen molar-refractivity contribution < 1.29 is 14.3 Å². The fraction of sp³-hybridized carbons (Fsp3) is 0.333. The smallest absolute Gasteiger partial charge is 0.273 e. The molecule has 0 radical (unpaired) electrons. The third kappa shape index (κ3) is 5.51. The second kappa shape index (κ2) is 9.64. The highest BCUT2D eigenvalue weighted by molar-refractivity contribution is 5.93. The number of aryl methyl sites for hydroxylation is 1. The Morgan fingerprint density at radius 3 is 2.62 bits per heavy atom. The molecule has 2 amide bonds. The molecule has 8 heteroatoms. The summed E-state index contributed by atoms with van der Waals surface area (Å²) in [6, 6.07) is 15.7. The summed E-state index contributed by atoms with van der Waals surface area (Å²) in [6.45, 7) is 4.34. The summed E-state index contributed by atoms with van der Waals surface area (Å²) in [5.74, 6) is 0.309. The van der Waals surface area contributed by atoms with Crippen molar-refractivity contribution in [2.75, 3.05) is 13.2 Å². The molecule has 0 unspecified atom stereocenters. The SMILES string of the molecule is Cc1cccc(-n2nnc(C(=O)NCCc3ccc(OCC(=O)NC4CC4)cc3)c2C)c1. The molecule has 0 atom stereocenters. The Morgan fingerprint density at radius 2 is 1.91 bits per heavy atom. The Hall–Kier alpha value is -3.68. The van der Waals surface area contributed by atoms with Crippen molar-refractivity contribution in [1.29, 1.82) is 0 Å². The molecule has 166 valence electrons. The molecule has 1 fully saturated rings. The zero-order chi connectivity index (χ0) is 22.5. The van der Waals surface area contributed by atoms with Gasteiger partial charge in [0.2, 0.25) is 0 Å². The van der Waals surface area contributed by atoms with Crippen molar-refractivity contribution in [3.63, 3.8) is 0 Å². The molecule has 1 saturated carbocycles. The van der Waals surface area contributed by atoms with E-state index in [0.29, 0.717) is 36.1 Å². The second-order valence-electron chi connectivity index (χ2n) is 8.05.